The molecule has 0 bridgehead atoms. The summed E-state index contributed by atoms with van der Waals surface area (Å²) in [7, 11) is -3.62. The third kappa shape index (κ3) is 5.14. The van der Waals surface area contributed by atoms with Crippen molar-refractivity contribution >= 4 is 27.3 Å². The smallest absolute Gasteiger partial charge is 0.242 e. The number of halogens is 1. The first kappa shape index (κ1) is 18.2. The largest absolute Gasteiger partial charge is 0.398 e. The Labute approximate surface area is 132 Å². The van der Waals surface area contributed by atoms with Gasteiger partial charge in [-0.25, -0.2) is 13.1 Å². The van der Waals surface area contributed by atoms with Gasteiger partial charge in [-0.1, -0.05) is 11.6 Å². The normalized spacial score (nSPS) is 12.6. The average Bonchev–Trinajstić information content (AvgIpc) is 2.33. The van der Waals surface area contributed by atoms with Crippen molar-refractivity contribution in [3.05, 3.63) is 23.2 Å². The van der Waals surface area contributed by atoms with Crippen molar-refractivity contribution in [2.75, 3.05) is 18.8 Å². The topological polar surface area (TPSA) is 75.4 Å². The van der Waals surface area contributed by atoms with Gasteiger partial charge in [-0.2, -0.15) is 0 Å². The van der Waals surface area contributed by atoms with E-state index in [1.54, 1.807) is 0 Å². The summed E-state index contributed by atoms with van der Waals surface area (Å²) in [5.74, 6) is 0. The van der Waals surface area contributed by atoms with E-state index in [-0.39, 0.29) is 10.6 Å². The first-order valence-electron chi connectivity index (χ1n) is 6.95. The van der Waals surface area contributed by atoms with Crippen LogP contribution in [0.3, 0.4) is 0 Å². The Morgan fingerprint density at radius 2 is 1.81 bits per heavy atom. The second-order valence-corrected chi connectivity index (χ2v) is 7.68. The fourth-order valence-corrected chi connectivity index (χ4v) is 3.58. The van der Waals surface area contributed by atoms with E-state index in [1.807, 2.05) is 0 Å². The molecule has 0 fully saturated rings. The van der Waals surface area contributed by atoms with Crippen LogP contribution in [0.25, 0.3) is 0 Å². The molecule has 1 aromatic carbocycles. The van der Waals surface area contributed by atoms with Crippen LogP contribution in [0, 0.1) is 0 Å². The predicted octanol–water partition coefficient (Wildman–Crippen LogP) is 2.32. The molecule has 0 aliphatic heterocycles. The second-order valence-electron chi connectivity index (χ2n) is 5.51. The summed E-state index contributed by atoms with van der Waals surface area (Å²) >= 11 is 5.78. The zero-order valence-corrected chi connectivity index (χ0v) is 14.5. The molecule has 0 saturated carbocycles. The third-order valence-electron chi connectivity index (χ3n) is 3.25. The molecule has 5 nitrogen and oxygen atoms in total. The Morgan fingerprint density at radius 1 is 1.24 bits per heavy atom. The van der Waals surface area contributed by atoms with Gasteiger partial charge in [0, 0.05) is 30.2 Å². The lowest BCUT2D eigenvalue weighted by Gasteiger charge is -2.30. The van der Waals surface area contributed by atoms with E-state index in [1.165, 1.54) is 18.2 Å². The van der Waals surface area contributed by atoms with Gasteiger partial charge in [-0.15, -0.1) is 0 Å². The van der Waals surface area contributed by atoms with E-state index in [9.17, 15) is 8.42 Å². The van der Waals surface area contributed by atoms with Crippen molar-refractivity contribution in [3.63, 3.8) is 0 Å². The maximum atomic E-state index is 12.2. The monoisotopic (exact) mass is 333 g/mol. The third-order valence-corrected chi connectivity index (χ3v) is 5.02. The van der Waals surface area contributed by atoms with Gasteiger partial charge in [0.1, 0.15) is 4.90 Å². The van der Waals surface area contributed by atoms with Crippen LogP contribution in [0.1, 0.15) is 27.7 Å². The van der Waals surface area contributed by atoms with Crippen molar-refractivity contribution in [2.24, 2.45) is 0 Å². The summed E-state index contributed by atoms with van der Waals surface area (Å²) in [4.78, 5) is 2.28. The van der Waals surface area contributed by atoms with Gasteiger partial charge in [0.05, 0.1) is 5.69 Å². The standard InChI is InChI=1S/C14H24ClN3O2S/c1-10(2)18(11(3)4)8-7-17-21(19,20)14-6-5-12(15)9-13(14)16/h5-6,9-11,17H,7-8,16H2,1-4H3. The minimum atomic E-state index is -3.62. The molecule has 0 atom stereocenters. The molecule has 0 aliphatic carbocycles. The molecule has 0 spiro atoms. The number of benzene rings is 1. The number of nitrogens with one attached hydrogen (secondary N) is 1. The molecular weight excluding hydrogens is 310 g/mol. The van der Waals surface area contributed by atoms with Crippen molar-refractivity contribution in [1.82, 2.24) is 9.62 Å². The highest BCUT2D eigenvalue weighted by Gasteiger charge is 2.19. The van der Waals surface area contributed by atoms with Crippen LogP contribution in [-0.4, -0.2) is 38.5 Å². The molecular formula is C14H24ClN3O2S. The molecule has 1 rings (SSSR count). The van der Waals surface area contributed by atoms with Gasteiger partial charge in [0.2, 0.25) is 10.0 Å². The van der Waals surface area contributed by atoms with Gasteiger partial charge < -0.3 is 5.73 Å². The first-order valence-corrected chi connectivity index (χ1v) is 8.81. The van der Waals surface area contributed by atoms with Gasteiger partial charge in [0.25, 0.3) is 0 Å². The quantitative estimate of drug-likeness (QED) is 0.751. The van der Waals surface area contributed by atoms with Crippen LogP contribution in [0.2, 0.25) is 5.02 Å². The number of sulfonamides is 1. The summed E-state index contributed by atoms with van der Waals surface area (Å²) in [5.41, 5.74) is 5.87. The van der Waals surface area contributed by atoms with Crippen LogP contribution < -0.4 is 10.5 Å². The minimum absolute atomic E-state index is 0.0625. The van der Waals surface area contributed by atoms with Crippen molar-refractivity contribution in [1.29, 1.82) is 0 Å². The Balaban J connectivity index is 2.73. The molecule has 21 heavy (non-hydrogen) atoms. The first-order chi connectivity index (χ1) is 9.65. The molecule has 7 heteroatoms. The van der Waals surface area contributed by atoms with E-state index < -0.39 is 10.0 Å². The lowest BCUT2D eigenvalue weighted by Crippen LogP contribution is -2.42. The molecule has 3 N–H and O–H groups in total. The van der Waals surface area contributed by atoms with Gasteiger partial charge in [0.15, 0.2) is 0 Å². The molecule has 120 valence electrons. The van der Waals surface area contributed by atoms with Crippen LogP contribution in [-0.2, 0) is 10.0 Å². The van der Waals surface area contributed by atoms with Crippen molar-refractivity contribution in [2.45, 2.75) is 44.7 Å². The molecule has 0 unspecified atom stereocenters. The molecule has 0 aromatic heterocycles. The van der Waals surface area contributed by atoms with E-state index >= 15 is 0 Å². The second kappa shape index (κ2) is 7.45. The summed E-state index contributed by atoms with van der Waals surface area (Å²) in [6.07, 6.45) is 0. The number of hydrogen-bond donors (Lipinski definition) is 2. The van der Waals surface area contributed by atoms with E-state index in [4.69, 9.17) is 17.3 Å². The number of hydrogen-bond acceptors (Lipinski definition) is 4. The zero-order valence-electron chi connectivity index (χ0n) is 12.9. The fourth-order valence-electron chi connectivity index (χ4n) is 2.26. The van der Waals surface area contributed by atoms with Crippen LogP contribution in [0.15, 0.2) is 23.1 Å². The maximum absolute atomic E-state index is 12.2. The Hall–Kier alpha value is -0.820. The minimum Gasteiger partial charge on any atom is -0.398 e. The summed E-state index contributed by atoms with van der Waals surface area (Å²) in [5, 5.41) is 0.414. The Morgan fingerprint density at radius 3 is 2.29 bits per heavy atom. The van der Waals surface area contributed by atoms with E-state index in [2.05, 4.69) is 37.3 Å². The highest BCUT2D eigenvalue weighted by Crippen LogP contribution is 2.22. The number of nitrogens with two attached hydrogens (primary N) is 1. The number of nitrogen functional groups attached to an aromatic ring is 1. The SMILES string of the molecule is CC(C)N(CCNS(=O)(=O)c1ccc(Cl)cc1N)C(C)C. The lowest BCUT2D eigenvalue weighted by atomic mass is 10.2. The van der Waals surface area contributed by atoms with Crippen LogP contribution in [0.5, 0.6) is 0 Å². The van der Waals surface area contributed by atoms with Gasteiger partial charge >= 0.3 is 0 Å². The molecule has 0 saturated heterocycles. The van der Waals surface area contributed by atoms with Crippen LogP contribution in [0.4, 0.5) is 5.69 Å². The van der Waals surface area contributed by atoms with E-state index in [0.29, 0.717) is 30.2 Å². The maximum Gasteiger partial charge on any atom is 0.242 e. The van der Waals surface area contributed by atoms with Crippen molar-refractivity contribution in [3.8, 4) is 0 Å². The number of anilines is 1. The molecule has 1 aromatic rings. The fraction of sp³-hybridized carbons (Fsp3) is 0.571. The number of rotatable bonds is 7. The molecule has 0 amide bonds. The van der Waals surface area contributed by atoms with Gasteiger partial charge in [-0.05, 0) is 45.9 Å². The van der Waals surface area contributed by atoms with Gasteiger partial charge in [-0.3, -0.25) is 4.90 Å². The highest BCUT2D eigenvalue weighted by molar-refractivity contribution is 7.89. The summed E-state index contributed by atoms with van der Waals surface area (Å²) in [6, 6.07) is 5.08. The lowest BCUT2D eigenvalue weighted by molar-refractivity contribution is 0.179. The predicted molar refractivity (Wildman–Crippen MR) is 88.0 cm³/mol. The Kier molecular flexibility index (Phi) is 6.46. The molecule has 0 radical (unpaired) electrons. The average molecular weight is 334 g/mol. The molecule has 0 aliphatic rings. The summed E-state index contributed by atoms with van der Waals surface area (Å²) < 4.78 is 27.0. The highest BCUT2D eigenvalue weighted by atomic mass is 35.5. The van der Waals surface area contributed by atoms with E-state index in [0.717, 1.165) is 0 Å². The summed E-state index contributed by atoms with van der Waals surface area (Å²) in [6.45, 7) is 9.33. The zero-order chi connectivity index (χ0) is 16.2. The van der Waals surface area contributed by atoms with Crippen molar-refractivity contribution < 1.29 is 8.42 Å². The number of nitrogens with zero attached hydrogens (tertiary/aromatic N) is 1. The molecule has 0 heterocycles. The Bertz CT molecular complexity index is 566. The van der Waals surface area contributed by atoms with Crippen LogP contribution >= 0.6 is 11.6 Å².